The Morgan fingerprint density at radius 2 is 1.85 bits per heavy atom. The molecule has 20 heavy (non-hydrogen) atoms. The minimum absolute atomic E-state index is 0.0526. The van der Waals surface area contributed by atoms with Crippen molar-refractivity contribution < 1.29 is 9.53 Å². The summed E-state index contributed by atoms with van der Waals surface area (Å²) in [4.78, 5) is 16.9. The minimum atomic E-state index is -0.416. The second kappa shape index (κ2) is 4.48. The SMILES string of the molecule is C=C[C@@]12CCCO[C@@H]1N(C(C)(C)C)C(=O)N2C(C)(C)C. The molecule has 0 spiro atoms. The van der Waals surface area contributed by atoms with Crippen LogP contribution in [0.25, 0.3) is 0 Å². The smallest absolute Gasteiger partial charge is 0.323 e. The van der Waals surface area contributed by atoms with Crippen LogP contribution >= 0.6 is 0 Å². The molecule has 2 aliphatic rings. The largest absolute Gasteiger partial charge is 0.355 e. The predicted molar refractivity (Wildman–Crippen MR) is 80.5 cm³/mol. The monoisotopic (exact) mass is 280 g/mol. The molecule has 0 bridgehead atoms. The number of carbonyl (C=O) groups is 1. The second-order valence-electron chi connectivity index (χ2n) is 7.85. The van der Waals surface area contributed by atoms with Crippen LogP contribution in [0.4, 0.5) is 4.79 Å². The normalized spacial score (nSPS) is 31.5. The van der Waals surface area contributed by atoms with Crippen molar-refractivity contribution in [3.8, 4) is 0 Å². The van der Waals surface area contributed by atoms with Gasteiger partial charge >= 0.3 is 6.03 Å². The molecular formula is C16H28N2O2. The zero-order valence-electron chi connectivity index (χ0n) is 13.7. The lowest BCUT2D eigenvalue weighted by atomic mass is 9.85. The summed E-state index contributed by atoms with van der Waals surface area (Å²) in [7, 11) is 0. The van der Waals surface area contributed by atoms with Crippen molar-refractivity contribution in [1.82, 2.24) is 9.80 Å². The number of urea groups is 1. The summed E-state index contributed by atoms with van der Waals surface area (Å²) in [6, 6.07) is 0.0526. The van der Waals surface area contributed by atoms with Gasteiger partial charge in [0.05, 0.1) is 0 Å². The van der Waals surface area contributed by atoms with Crippen LogP contribution in [-0.4, -0.2) is 45.3 Å². The Morgan fingerprint density at radius 3 is 2.30 bits per heavy atom. The lowest BCUT2D eigenvalue weighted by Crippen LogP contribution is -2.59. The van der Waals surface area contributed by atoms with Crippen molar-refractivity contribution in [3.05, 3.63) is 12.7 Å². The highest BCUT2D eigenvalue weighted by Crippen LogP contribution is 2.47. The van der Waals surface area contributed by atoms with Gasteiger partial charge in [0, 0.05) is 17.7 Å². The predicted octanol–water partition coefficient (Wildman–Crippen LogP) is 3.38. The number of nitrogens with zero attached hydrogens (tertiary/aromatic N) is 2. The van der Waals surface area contributed by atoms with Crippen LogP contribution in [0.15, 0.2) is 12.7 Å². The summed E-state index contributed by atoms with van der Waals surface area (Å²) >= 11 is 0. The Bertz CT molecular complexity index is 419. The standard InChI is InChI=1S/C16H28N2O2/c1-8-16-10-9-11-20-12(16)17(14(2,3)4)13(19)18(16)15(5,6)7/h8,12H,1,9-11H2,2-7H3/t12-,16+/m0/s1. The third-order valence-corrected chi connectivity index (χ3v) is 4.22. The molecular weight excluding hydrogens is 252 g/mol. The van der Waals surface area contributed by atoms with Crippen LogP contribution in [-0.2, 0) is 4.74 Å². The summed E-state index contributed by atoms with van der Waals surface area (Å²) in [6.07, 6.45) is 3.56. The molecule has 2 saturated heterocycles. The molecule has 2 amide bonds. The third kappa shape index (κ3) is 2.05. The number of rotatable bonds is 1. The minimum Gasteiger partial charge on any atom is -0.355 e. The Labute approximate surface area is 122 Å². The van der Waals surface area contributed by atoms with E-state index >= 15 is 0 Å². The molecule has 0 aromatic carbocycles. The maximum absolute atomic E-state index is 13.1. The zero-order chi connectivity index (χ0) is 15.3. The van der Waals surface area contributed by atoms with Gasteiger partial charge in [-0.25, -0.2) is 4.79 Å². The Kier molecular flexibility index (Phi) is 3.44. The van der Waals surface area contributed by atoms with E-state index < -0.39 is 5.54 Å². The number of amides is 2. The number of carbonyl (C=O) groups excluding carboxylic acids is 1. The molecule has 0 radical (unpaired) electrons. The fraction of sp³-hybridized carbons (Fsp3) is 0.812. The summed E-state index contributed by atoms with van der Waals surface area (Å²) in [5, 5.41) is 0. The summed E-state index contributed by atoms with van der Waals surface area (Å²) in [6.45, 7) is 17.1. The molecule has 4 heteroatoms. The Balaban J connectivity index is 2.58. The van der Waals surface area contributed by atoms with Crippen LogP contribution in [0.3, 0.4) is 0 Å². The van der Waals surface area contributed by atoms with Crippen LogP contribution < -0.4 is 0 Å². The van der Waals surface area contributed by atoms with Crippen molar-refractivity contribution in [2.24, 2.45) is 0 Å². The topological polar surface area (TPSA) is 32.8 Å². The molecule has 2 heterocycles. The number of hydrogen-bond donors (Lipinski definition) is 0. The summed E-state index contributed by atoms with van der Waals surface area (Å²) in [5.74, 6) is 0. The lowest BCUT2D eigenvalue weighted by molar-refractivity contribution is -0.121. The second-order valence-corrected chi connectivity index (χ2v) is 7.85. The quantitative estimate of drug-likeness (QED) is 0.690. The average molecular weight is 280 g/mol. The summed E-state index contributed by atoms with van der Waals surface area (Å²) in [5.41, 5.74) is -0.946. The van der Waals surface area contributed by atoms with Crippen LogP contribution in [0.5, 0.6) is 0 Å². The van der Waals surface area contributed by atoms with Gasteiger partial charge in [0.2, 0.25) is 0 Å². The van der Waals surface area contributed by atoms with Crippen molar-refractivity contribution in [2.75, 3.05) is 6.61 Å². The first-order valence-electron chi connectivity index (χ1n) is 7.44. The van der Waals surface area contributed by atoms with E-state index in [1.807, 2.05) is 15.9 Å². The number of fused-ring (bicyclic) bond motifs is 1. The van der Waals surface area contributed by atoms with Crippen molar-refractivity contribution in [3.63, 3.8) is 0 Å². The van der Waals surface area contributed by atoms with Gasteiger partial charge in [0.1, 0.15) is 5.54 Å². The van der Waals surface area contributed by atoms with Crippen LogP contribution in [0.2, 0.25) is 0 Å². The first kappa shape index (κ1) is 15.4. The maximum atomic E-state index is 13.1. The fourth-order valence-corrected chi connectivity index (χ4v) is 3.57. The van der Waals surface area contributed by atoms with E-state index in [1.165, 1.54) is 0 Å². The first-order valence-corrected chi connectivity index (χ1v) is 7.44. The van der Waals surface area contributed by atoms with E-state index in [2.05, 4.69) is 48.1 Å². The fourth-order valence-electron chi connectivity index (χ4n) is 3.57. The molecule has 2 atom stereocenters. The molecule has 4 nitrogen and oxygen atoms in total. The van der Waals surface area contributed by atoms with Gasteiger partial charge in [-0.1, -0.05) is 6.08 Å². The van der Waals surface area contributed by atoms with Crippen molar-refractivity contribution in [1.29, 1.82) is 0 Å². The highest BCUT2D eigenvalue weighted by molar-refractivity contribution is 5.81. The lowest BCUT2D eigenvalue weighted by Gasteiger charge is -2.47. The molecule has 0 saturated carbocycles. The molecule has 0 N–H and O–H groups in total. The van der Waals surface area contributed by atoms with E-state index in [0.29, 0.717) is 6.61 Å². The molecule has 0 aromatic heterocycles. The molecule has 0 aromatic rings. The number of ether oxygens (including phenoxy) is 1. The molecule has 2 aliphatic heterocycles. The van der Waals surface area contributed by atoms with Gasteiger partial charge in [0.15, 0.2) is 6.23 Å². The van der Waals surface area contributed by atoms with Gasteiger partial charge < -0.3 is 9.64 Å². The highest BCUT2D eigenvalue weighted by atomic mass is 16.5. The average Bonchev–Trinajstić information content (AvgIpc) is 2.56. The zero-order valence-corrected chi connectivity index (χ0v) is 13.7. The maximum Gasteiger partial charge on any atom is 0.323 e. The molecule has 2 rings (SSSR count). The van der Waals surface area contributed by atoms with E-state index in [0.717, 1.165) is 12.8 Å². The third-order valence-electron chi connectivity index (χ3n) is 4.22. The van der Waals surface area contributed by atoms with Gasteiger partial charge in [-0.05, 0) is 54.4 Å². The Hall–Kier alpha value is -1.03. The summed E-state index contributed by atoms with van der Waals surface area (Å²) < 4.78 is 6.02. The molecule has 0 unspecified atom stereocenters. The van der Waals surface area contributed by atoms with E-state index in [-0.39, 0.29) is 23.3 Å². The van der Waals surface area contributed by atoms with Crippen LogP contribution in [0, 0.1) is 0 Å². The van der Waals surface area contributed by atoms with E-state index in [1.54, 1.807) is 0 Å². The van der Waals surface area contributed by atoms with Gasteiger partial charge in [-0.3, -0.25) is 4.90 Å². The van der Waals surface area contributed by atoms with Crippen molar-refractivity contribution in [2.45, 2.75) is 77.2 Å². The van der Waals surface area contributed by atoms with Gasteiger partial charge in [-0.15, -0.1) is 6.58 Å². The van der Waals surface area contributed by atoms with Gasteiger partial charge in [0.25, 0.3) is 0 Å². The first-order chi connectivity index (χ1) is 9.05. The van der Waals surface area contributed by atoms with Crippen LogP contribution in [0.1, 0.15) is 54.4 Å². The molecule has 2 fully saturated rings. The van der Waals surface area contributed by atoms with Crippen molar-refractivity contribution >= 4 is 6.03 Å². The molecule has 114 valence electrons. The number of hydrogen-bond acceptors (Lipinski definition) is 2. The van der Waals surface area contributed by atoms with Gasteiger partial charge in [-0.2, -0.15) is 0 Å². The van der Waals surface area contributed by atoms with E-state index in [9.17, 15) is 4.79 Å². The molecule has 0 aliphatic carbocycles. The van der Waals surface area contributed by atoms with E-state index in [4.69, 9.17) is 4.74 Å². The highest BCUT2D eigenvalue weighted by Gasteiger charge is 2.62. The Morgan fingerprint density at radius 1 is 1.25 bits per heavy atom.